The van der Waals surface area contributed by atoms with E-state index in [2.05, 4.69) is 22.1 Å². The largest absolute Gasteiger partial charge is 0.382 e. The molecule has 0 fully saturated rings. The zero-order valence-corrected chi connectivity index (χ0v) is 11.7. The Hall–Kier alpha value is -1.71. The summed E-state index contributed by atoms with van der Waals surface area (Å²) in [6.45, 7) is 0. The van der Waals surface area contributed by atoms with E-state index in [1.54, 1.807) is 23.5 Å². The summed E-state index contributed by atoms with van der Waals surface area (Å²) in [5.74, 6) is 2.11. The summed E-state index contributed by atoms with van der Waals surface area (Å²) >= 11 is 3.33. The monoisotopic (exact) mass is 288 g/mol. The first-order chi connectivity index (χ1) is 9.29. The van der Waals surface area contributed by atoms with Crippen LogP contribution in [-0.2, 0) is 0 Å². The van der Waals surface area contributed by atoms with E-state index in [1.165, 1.54) is 11.1 Å². The molecule has 0 bridgehead atoms. The molecule has 0 aliphatic carbocycles. The number of benzene rings is 1. The molecule has 4 nitrogen and oxygen atoms in total. The molecular formula is C13H12N4S2. The predicted molar refractivity (Wildman–Crippen MR) is 79.0 cm³/mol. The Balaban J connectivity index is 1.80. The van der Waals surface area contributed by atoms with Crippen molar-refractivity contribution in [3.05, 3.63) is 42.1 Å². The van der Waals surface area contributed by atoms with Crippen LogP contribution in [0, 0.1) is 11.3 Å². The van der Waals surface area contributed by atoms with E-state index in [0.717, 1.165) is 11.5 Å². The maximum absolute atomic E-state index is 8.73. The highest BCUT2D eigenvalue weighted by Crippen LogP contribution is 2.21. The number of nitrogen functional groups attached to an aromatic ring is 1. The van der Waals surface area contributed by atoms with Gasteiger partial charge in [0.15, 0.2) is 5.16 Å². The zero-order valence-electron chi connectivity index (χ0n) is 10.1. The number of anilines is 1. The lowest BCUT2D eigenvalue weighted by molar-refractivity contribution is 0.970. The van der Waals surface area contributed by atoms with Crippen molar-refractivity contribution in [3.8, 4) is 6.07 Å². The van der Waals surface area contributed by atoms with Crippen molar-refractivity contribution in [1.82, 2.24) is 9.97 Å². The second-order valence-corrected chi connectivity index (χ2v) is 5.80. The molecule has 0 saturated heterocycles. The average molecular weight is 288 g/mol. The molecule has 2 rings (SSSR count). The number of hydrogen-bond donors (Lipinski definition) is 1. The molecule has 0 aliphatic heterocycles. The van der Waals surface area contributed by atoms with Crippen molar-refractivity contribution in [3.63, 3.8) is 0 Å². The van der Waals surface area contributed by atoms with Crippen LogP contribution in [0.25, 0.3) is 0 Å². The van der Waals surface area contributed by atoms with Crippen LogP contribution in [0.2, 0.25) is 0 Å². The summed E-state index contributed by atoms with van der Waals surface area (Å²) in [4.78, 5) is 9.43. The molecule has 1 aromatic heterocycles. The number of nitriles is 1. The van der Waals surface area contributed by atoms with Gasteiger partial charge in [-0.05, 0) is 12.1 Å². The van der Waals surface area contributed by atoms with Crippen LogP contribution in [0.15, 0.2) is 46.6 Å². The number of nitrogens with two attached hydrogens (primary N) is 1. The van der Waals surface area contributed by atoms with E-state index < -0.39 is 0 Å². The quantitative estimate of drug-likeness (QED) is 0.518. The van der Waals surface area contributed by atoms with Crippen LogP contribution in [0.3, 0.4) is 0 Å². The van der Waals surface area contributed by atoms with Gasteiger partial charge in [-0.1, -0.05) is 30.0 Å². The maximum Gasteiger partial charge on any atom is 0.189 e. The Morgan fingerprint density at radius 3 is 2.58 bits per heavy atom. The molecule has 19 heavy (non-hydrogen) atoms. The molecule has 0 radical (unpaired) electrons. The SMILES string of the molecule is N#Cc1cnc(SCCSc2ccccc2)nc1N. The van der Waals surface area contributed by atoms with Gasteiger partial charge in [0.05, 0.1) is 6.20 Å². The molecule has 2 aromatic rings. The summed E-state index contributed by atoms with van der Waals surface area (Å²) in [6.07, 6.45) is 1.47. The van der Waals surface area contributed by atoms with Gasteiger partial charge in [0.1, 0.15) is 17.5 Å². The van der Waals surface area contributed by atoms with E-state index in [9.17, 15) is 0 Å². The molecule has 0 aliphatic rings. The Morgan fingerprint density at radius 2 is 1.89 bits per heavy atom. The highest BCUT2D eigenvalue weighted by Gasteiger charge is 2.03. The van der Waals surface area contributed by atoms with Gasteiger partial charge in [-0.3, -0.25) is 0 Å². The molecule has 0 unspecified atom stereocenters. The Bertz CT molecular complexity index is 581. The fourth-order valence-corrected chi connectivity index (χ4v) is 3.07. The minimum absolute atomic E-state index is 0.246. The number of thioether (sulfide) groups is 2. The van der Waals surface area contributed by atoms with Crippen molar-refractivity contribution in [2.45, 2.75) is 10.1 Å². The topological polar surface area (TPSA) is 75.6 Å². The zero-order chi connectivity index (χ0) is 13.5. The van der Waals surface area contributed by atoms with E-state index in [1.807, 2.05) is 24.3 Å². The normalized spacial score (nSPS) is 10.1. The highest BCUT2D eigenvalue weighted by atomic mass is 32.2. The number of aromatic nitrogens is 2. The predicted octanol–water partition coefficient (Wildman–Crippen LogP) is 2.81. The van der Waals surface area contributed by atoms with E-state index in [4.69, 9.17) is 11.0 Å². The summed E-state index contributed by atoms with van der Waals surface area (Å²) in [6, 6.07) is 12.2. The first-order valence-corrected chi connectivity index (χ1v) is 7.60. The van der Waals surface area contributed by atoms with E-state index >= 15 is 0 Å². The van der Waals surface area contributed by atoms with Crippen LogP contribution in [0.5, 0.6) is 0 Å². The van der Waals surface area contributed by atoms with Gasteiger partial charge >= 0.3 is 0 Å². The molecular weight excluding hydrogens is 276 g/mol. The van der Waals surface area contributed by atoms with Gasteiger partial charge in [0.25, 0.3) is 0 Å². The molecule has 0 amide bonds. The lowest BCUT2D eigenvalue weighted by atomic mass is 10.3. The third-order valence-electron chi connectivity index (χ3n) is 2.24. The Morgan fingerprint density at radius 1 is 1.16 bits per heavy atom. The first kappa shape index (κ1) is 13.7. The molecule has 0 spiro atoms. The highest BCUT2D eigenvalue weighted by molar-refractivity contribution is 8.02. The first-order valence-electron chi connectivity index (χ1n) is 5.63. The van der Waals surface area contributed by atoms with Crippen molar-refractivity contribution in [2.24, 2.45) is 0 Å². The van der Waals surface area contributed by atoms with E-state index in [-0.39, 0.29) is 5.82 Å². The van der Waals surface area contributed by atoms with Gasteiger partial charge < -0.3 is 5.73 Å². The number of hydrogen-bond acceptors (Lipinski definition) is 6. The molecule has 6 heteroatoms. The fraction of sp³-hybridized carbons (Fsp3) is 0.154. The minimum Gasteiger partial charge on any atom is -0.382 e. The van der Waals surface area contributed by atoms with Crippen molar-refractivity contribution < 1.29 is 0 Å². The third kappa shape index (κ3) is 4.16. The fourth-order valence-electron chi connectivity index (χ4n) is 1.34. The molecule has 96 valence electrons. The van der Waals surface area contributed by atoms with Crippen LogP contribution in [0.4, 0.5) is 5.82 Å². The smallest absolute Gasteiger partial charge is 0.189 e. The Labute approximate surface area is 120 Å². The van der Waals surface area contributed by atoms with Crippen LogP contribution in [0.1, 0.15) is 5.56 Å². The van der Waals surface area contributed by atoms with E-state index in [0.29, 0.717) is 10.7 Å². The molecule has 1 heterocycles. The minimum atomic E-state index is 0.246. The third-order valence-corrected chi connectivity index (χ3v) is 4.38. The second kappa shape index (κ2) is 7.02. The standard InChI is InChI=1S/C13H12N4S2/c14-8-10-9-16-13(17-12(10)15)19-7-6-18-11-4-2-1-3-5-11/h1-5,9H,6-7H2,(H2,15,16,17). The van der Waals surface area contributed by atoms with Gasteiger partial charge in [0, 0.05) is 16.4 Å². The molecule has 0 atom stereocenters. The molecule has 2 N–H and O–H groups in total. The summed E-state index contributed by atoms with van der Waals surface area (Å²) < 4.78 is 0. The van der Waals surface area contributed by atoms with Crippen molar-refractivity contribution in [2.75, 3.05) is 17.2 Å². The van der Waals surface area contributed by atoms with Crippen LogP contribution >= 0.6 is 23.5 Å². The number of nitrogens with zero attached hydrogens (tertiary/aromatic N) is 3. The maximum atomic E-state index is 8.73. The van der Waals surface area contributed by atoms with Gasteiger partial charge in [-0.2, -0.15) is 5.26 Å². The molecule has 0 saturated carbocycles. The Kier molecular flexibility index (Phi) is 5.07. The second-order valence-electron chi connectivity index (χ2n) is 3.57. The van der Waals surface area contributed by atoms with Crippen molar-refractivity contribution >= 4 is 29.3 Å². The summed E-state index contributed by atoms with van der Waals surface area (Å²) in [5.41, 5.74) is 5.96. The lowest BCUT2D eigenvalue weighted by Gasteiger charge is -2.02. The van der Waals surface area contributed by atoms with Gasteiger partial charge in [-0.15, -0.1) is 11.8 Å². The number of rotatable bonds is 5. The lowest BCUT2D eigenvalue weighted by Crippen LogP contribution is -1.98. The van der Waals surface area contributed by atoms with Gasteiger partial charge in [-0.25, -0.2) is 9.97 Å². The van der Waals surface area contributed by atoms with Gasteiger partial charge in [0.2, 0.25) is 0 Å². The molecule has 1 aromatic carbocycles. The average Bonchev–Trinajstić information content (AvgIpc) is 2.45. The van der Waals surface area contributed by atoms with Crippen LogP contribution < -0.4 is 5.73 Å². The van der Waals surface area contributed by atoms with Crippen molar-refractivity contribution in [1.29, 1.82) is 5.26 Å². The summed E-state index contributed by atoms with van der Waals surface area (Å²) in [7, 11) is 0. The van der Waals surface area contributed by atoms with Crippen LogP contribution in [-0.4, -0.2) is 21.5 Å². The summed E-state index contributed by atoms with van der Waals surface area (Å²) in [5, 5.41) is 9.35.